The maximum Gasteiger partial charge on any atom is 0.306 e. The highest BCUT2D eigenvalue weighted by molar-refractivity contribution is 5.94. The molecule has 2 N–H and O–H groups in total. The van der Waals surface area contributed by atoms with Gasteiger partial charge in [0.1, 0.15) is 12.2 Å². The average Bonchev–Trinajstić information content (AvgIpc) is 3.31. The fourth-order valence-corrected chi connectivity index (χ4v) is 9.03. The molecule has 0 heterocycles. The Kier molecular flexibility index (Phi) is 8.43. The molecule has 0 bridgehead atoms. The predicted octanol–water partition coefficient (Wildman–Crippen LogP) is 5.22. The molecule has 7 nitrogen and oxygen atoms in total. The summed E-state index contributed by atoms with van der Waals surface area (Å²) in [6.45, 7) is 3.55. The topological polar surface area (TPSA) is 118 Å². The van der Waals surface area contributed by atoms with E-state index < -0.39 is 17.5 Å². The van der Waals surface area contributed by atoms with Crippen LogP contribution in [0.3, 0.4) is 0 Å². The van der Waals surface area contributed by atoms with Gasteiger partial charge in [-0.1, -0.05) is 30.9 Å². The van der Waals surface area contributed by atoms with Gasteiger partial charge in [0, 0.05) is 17.0 Å². The summed E-state index contributed by atoms with van der Waals surface area (Å²) in [6.07, 6.45) is 7.97. The van der Waals surface area contributed by atoms with E-state index in [2.05, 4.69) is 18.8 Å². The Labute approximate surface area is 242 Å². The van der Waals surface area contributed by atoms with Crippen LogP contribution >= 0.6 is 0 Å². The zero-order valence-corrected chi connectivity index (χ0v) is 24.2. The summed E-state index contributed by atoms with van der Waals surface area (Å²) in [7, 11) is 0. The molecule has 0 amide bonds. The van der Waals surface area contributed by atoms with E-state index >= 15 is 0 Å². The third kappa shape index (κ3) is 6.14. The van der Waals surface area contributed by atoms with Gasteiger partial charge in [-0.3, -0.25) is 19.2 Å². The van der Waals surface area contributed by atoms with Crippen LogP contribution < -0.4 is 0 Å². The summed E-state index contributed by atoms with van der Waals surface area (Å²) in [5.74, 6) is 7.26. The van der Waals surface area contributed by atoms with E-state index in [9.17, 15) is 24.3 Å². The highest BCUT2D eigenvalue weighted by atomic mass is 16.5. The number of hydrogen-bond acceptors (Lipinski definition) is 6. The van der Waals surface area contributed by atoms with Gasteiger partial charge < -0.3 is 14.9 Å². The maximum atomic E-state index is 13.2. The average molecular weight is 563 g/mol. The van der Waals surface area contributed by atoms with Crippen molar-refractivity contribution in [3.05, 3.63) is 35.4 Å². The van der Waals surface area contributed by atoms with E-state index in [-0.39, 0.29) is 42.3 Å². The van der Waals surface area contributed by atoms with Gasteiger partial charge in [0.25, 0.3) is 0 Å². The lowest BCUT2D eigenvalue weighted by atomic mass is 9.49. The van der Waals surface area contributed by atoms with Crippen LogP contribution in [0.25, 0.3) is 0 Å². The molecule has 8 atom stereocenters. The number of fused-ring (bicyclic) bond motifs is 5. The van der Waals surface area contributed by atoms with E-state index in [1.807, 2.05) is 12.1 Å². The zero-order chi connectivity index (χ0) is 29.4. The second-order valence-electron chi connectivity index (χ2n) is 13.3. The minimum absolute atomic E-state index is 0.0234. The van der Waals surface area contributed by atoms with Crippen LogP contribution in [0.2, 0.25) is 0 Å². The molecule has 41 heavy (non-hydrogen) atoms. The number of carbonyl (C=O) groups excluding carboxylic acids is 3. The van der Waals surface area contributed by atoms with Crippen molar-refractivity contribution < 1.29 is 34.1 Å². The van der Waals surface area contributed by atoms with Gasteiger partial charge in [-0.15, -0.1) is 0 Å². The number of carboxylic acids is 1. The van der Waals surface area contributed by atoms with Crippen molar-refractivity contribution in [3.8, 4) is 11.8 Å². The largest absolute Gasteiger partial charge is 0.481 e. The summed E-state index contributed by atoms with van der Waals surface area (Å²) in [4.78, 5) is 47.3. The first-order chi connectivity index (χ1) is 19.5. The Morgan fingerprint density at radius 2 is 1.66 bits per heavy atom. The van der Waals surface area contributed by atoms with Gasteiger partial charge >= 0.3 is 11.9 Å². The van der Waals surface area contributed by atoms with Crippen LogP contribution in [0.1, 0.15) is 100 Å². The molecule has 4 saturated carbocycles. The van der Waals surface area contributed by atoms with E-state index in [1.165, 1.54) is 0 Å². The third-order valence-corrected chi connectivity index (χ3v) is 11.0. The number of carbonyl (C=O) groups is 4. The summed E-state index contributed by atoms with van der Waals surface area (Å²) in [5, 5.41) is 20.2. The van der Waals surface area contributed by atoms with Gasteiger partial charge in [0.15, 0.2) is 11.6 Å². The molecule has 1 aromatic carbocycles. The number of aliphatic hydroxyl groups is 1. The number of hydrogen-bond donors (Lipinski definition) is 2. The fraction of sp³-hybridized carbons (Fsp3) is 0.647. The molecule has 0 radical (unpaired) electrons. The number of ketones is 2. The van der Waals surface area contributed by atoms with Crippen LogP contribution in [0, 0.1) is 52.8 Å². The van der Waals surface area contributed by atoms with Gasteiger partial charge in [-0.2, -0.15) is 0 Å². The van der Waals surface area contributed by atoms with E-state index in [0.29, 0.717) is 48.0 Å². The number of Topliss-reactive ketones (excluding diaryl/α,β-unsaturated/α-hetero) is 2. The Balaban J connectivity index is 1.19. The Hall–Kier alpha value is -2.98. The lowest BCUT2D eigenvalue weighted by Gasteiger charge is -2.56. The molecule has 0 aliphatic heterocycles. The van der Waals surface area contributed by atoms with Crippen LogP contribution in [-0.2, 0) is 19.1 Å². The first kappa shape index (κ1) is 29.5. The van der Waals surface area contributed by atoms with E-state index in [1.54, 1.807) is 19.1 Å². The second-order valence-corrected chi connectivity index (χ2v) is 13.3. The smallest absolute Gasteiger partial charge is 0.306 e. The highest BCUT2D eigenvalue weighted by Crippen LogP contribution is 2.64. The second kappa shape index (κ2) is 11.7. The van der Waals surface area contributed by atoms with Crippen molar-refractivity contribution >= 4 is 23.5 Å². The third-order valence-electron chi connectivity index (χ3n) is 11.0. The molecule has 7 heteroatoms. The minimum atomic E-state index is -1.06. The molecular formula is C34H42O7. The monoisotopic (exact) mass is 562 g/mol. The Morgan fingerprint density at radius 3 is 2.37 bits per heavy atom. The number of ether oxygens (including phenoxy) is 1. The van der Waals surface area contributed by atoms with E-state index in [4.69, 9.17) is 9.84 Å². The van der Waals surface area contributed by atoms with Gasteiger partial charge in [-0.25, -0.2) is 0 Å². The highest BCUT2D eigenvalue weighted by Gasteiger charge is 2.59. The molecule has 4 fully saturated rings. The van der Waals surface area contributed by atoms with E-state index in [0.717, 1.165) is 50.5 Å². The number of aliphatic carboxylic acids is 1. The molecule has 0 saturated heterocycles. The summed E-state index contributed by atoms with van der Waals surface area (Å²) < 4.78 is 5.15. The molecule has 220 valence electrons. The van der Waals surface area contributed by atoms with Gasteiger partial charge in [0.05, 0.1) is 12.8 Å². The lowest BCUT2D eigenvalue weighted by Crippen LogP contribution is -2.51. The normalized spacial score (nSPS) is 35.6. The summed E-state index contributed by atoms with van der Waals surface area (Å²) >= 11 is 0. The molecule has 0 spiro atoms. The number of esters is 1. The Bertz CT molecular complexity index is 1260. The van der Waals surface area contributed by atoms with Crippen molar-refractivity contribution in [3.63, 3.8) is 0 Å². The SMILES string of the molecule is CC(=O)c1ccc(C#C[C@@]2(O)CC[C@H]3C(CC[C@@H]4[C@@H]3CCC3(C)[C@@H](C(=O)COC(=O)CCC(=O)O)CC[C@@H]43)C2)cc1. The van der Waals surface area contributed by atoms with Crippen molar-refractivity contribution in [2.24, 2.45) is 40.9 Å². The quantitative estimate of drug-likeness (QED) is 0.266. The lowest BCUT2D eigenvalue weighted by molar-refractivity contribution is -0.153. The van der Waals surface area contributed by atoms with Crippen molar-refractivity contribution in [2.45, 2.75) is 90.1 Å². The van der Waals surface area contributed by atoms with Crippen LogP contribution in [0.4, 0.5) is 0 Å². The first-order valence-corrected chi connectivity index (χ1v) is 15.3. The maximum absolute atomic E-state index is 13.2. The standard InChI is InChI=1S/C34H42O7/c1-21(35)23-5-3-22(4-6-23)13-17-34(40)18-15-25-24(19-34)7-8-27-26(25)14-16-33(2)28(27)9-10-29(33)30(36)20-41-32(39)12-11-31(37)38/h3-6,24-29,40H,7-12,14-16,18-20H2,1-2H3,(H,37,38)/t24?,25-,26+,27+,28-,29+,33?,34+/m0/s1. The summed E-state index contributed by atoms with van der Waals surface area (Å²) in [6, 6.07) is 7.24. The molecule has 5 rings (SSSR count). The van der Waals surface area contributed by atoms with Crippen LogP contribution in [0.15, 0.2) is 24.3 Å². The molecular weight excluding hydrogens is 520 g/mol. The summed E-state index contributed by atoms with van der Waals surface area (Å²) in [5.41, 5.74) is 0.395. The number of carboxylic acid groups (broad SMARTS) is 1. The van der Waals surface area contributed by atoms with Crippen molar-refractivity contribution in [2.75, 3.05) is 6.61 Å². The fourth-order valence-electron chi connectivity index (χ4n) is 9.03. The number of benzene rings is 1. The molecule has 0 aromatic heterocycles. The van der Waals surface area contributed by atoms with Crippen molar-refractivity contribution in [1.82, 2.24) is 0 Å². The zero-order valence-electron chi connectivity index (χ0n) is 24.2. The minimum Gasteiger partial charge on any atom is -0.481 e. The first-order valence-electron chi connectivity index (χ1n) is 15.3. The predicted molar refractivity (Wildman–Crippen MR) is 152 cm³/mol. The molecule has 4 aliphatic carbocycles. The Morgan fingerprint density at radius 1 is 0.927 bits per heavy atom. The van der Waals surface area contributed by atoms with Crippen LogP contribution in [0.5, 0.6) is 0 Å². The number of rotatable bonds is 7. The van der Waals surface area contributed by atoms with Crippen molar-refractivity contribution in [1.29, 1.82) is 0 Å². The van der Waals surface area contributed by atoms with Crippen LogP contribution in [-0.4, -0.2) is 45.9 Å². The molecule has 2 unspecified atom stereocenters. The molecule has 4 aliphatic rings. The van der Waals surface area contributed by atoms with Gasteiger partial charge in [-0.05, 0) is 112 Å². The molecule has 1 aromatic rings. The van der Waals surface area contributed by atoms with Gasteiger partial charge in [0.2, 0.25) is 0 Å².